The van der Waals surface area contributed by atoms with E-state index < -0.39 is 58.1 Å². The number of hydrogen-bond acceptors (Lipinski definition) is 9. The maximum atomic E-state index is 13.7. The van der Waals surface area contributed by atoms with Crippen LogP contribution < -0.4 is 14.2 Å². The second-order valence-electron chi connectivity index (χ2n) is 7.75. The van der Waals surface area contributed by atoms with Gasteiger partial charge in [-0.1, -0.05) is 29.8 Å². The molecular formula is C27H19ClO10. The number of carbonyl (C=O) groups is 6. The van der Waals surface area contributed by atoms with E-state index in [0.29, 0.717) is 0 Å². The zero-order valence-corrected chi connectivity index (χ0v) is 21.0. The van der Waals surface area contributed by atoms with Crippen LogP contribution in [0.1, 0.15) is 63.0 Å². The second kappa shape index (κ2) is 11.5. The summed E-state index contributed by atoms with van der Waals surface area (Å²) in [5, 5.41) is 9.42. The molecule has 1 N–H and O–H groups in total. The van der Waals surface area contributed by atoms with Crippen LogP contribution in [0.4, 0.5) is 0 Å². The molecule has 0 spiro atoms. The van der Waals surface area contributed by atoms with Crippen molar-refractivity contribution in [2.75, 3.05) is 0 Å². The summed E-state index contributed by atoms with van der Waals surface area (Å²) in [6, 6.07) is 11.6. The average molecular weight is 539 g/mol. The number of ketones is 2. The lowest BCUT2D eigenvalue weighted by molar-refractivity contribution is -0.132. The van der Waals surface area contributed by atoms with Crippen molar-refractivity contribution < 1.29 is 48.1 Å². The molecule has 0 radical (unpaired) electrons. The van der Waals surface area contributed by atoms with Crippen molar-refractivity contribution in [1.29, 1.82) is 0 Å². The zero-order chi connectivity index (χ0) is 28.1. The van der Waals surface area contributed by atoms with Crippen LogP contribution in [0.25, 0.3) is 0 Å². The van der Waals surface area contributed by atoms with Gasteiger partial charge in [-0.05, 0) is 36.4 Å². The Kier molecular flexibility index (Phi) is 8.39. The minimum absolute atomic E-state index is 0.0852. The lowest BCUT2D eigenvalue weighted by atomic mass is 9.94. The minimum Gasteiger partial charge on any atom is -0.478 e. The van der Waals surface area contributed by atoms with Gasteiger partial charge in [-0.3, -0.25) is 24.0 Å². The number of carbonyl (C=O) groups excluding carboxylic acids is 5. The van der Waals surface area contributed by atoms with E-state index in [1.165, 1.54) is 36.4 Å². The van der Waals surface area contributed by atoms with Crippen LogP contribution in [0.15, 0.2) is 54.6 Å². The van der Waals surface area contributed by atoms with Gasteiger partial charge in [0.05, 0.1) is 22.3 Å². The Morgan fingerprint density at radius 2 is 1.05 bits per heavy atom. The van der Waals surface area contributed by atoms with Crippen LogP contribution >= 0.6 is 11.6 Å². The number of para-hydroxylation sites is 2. The number of rotatable bonds is 8. The van der Waals surface area contributed by atoms with E-state index in [1.54, 1.807) is 0 Å². The van der Waals surface area contributed by atoms with Gasteiger partial charge in [0, 0.05) is 25.8 Å². The minimum atomic E-state index is -1.47. The van der Waals surface area contributed by atoms with E-state index in [-0.39, 0.29) is 27.5 Å². The van der Waals surface area contributed by atoms with Gasteiger partial charge in [0.15, 0.2) is 11.5 Å². The molecule has 0 saturated carbocycles. The molecule has 0 fully saturated rings. The van der Waals surface area contributed by atoms with Gasteiger partial charge in [-0.2, -0.15) is 0 Å². The van der Waals surface area contributed by atoms with Crippen molar-refractivity contribution in [1.82, 2.24) is 0 Å². The summed E-state index contributed by atoms with van der Waals surface area (Å²) in [5.41, 5.74) is -1.65. The van der Waals surface area contributed by atoms with Crippen molar-refractivity contribution in [2.24, 2.45) is 0 Å². The van der Waals surface area contributed by atoms with E-state index in [9.17, 15) is 33.9 Å². The third-order valence-corrected chi connectivity index (χ3v) is 5.13. The first-order valence-electron chi connectivity index (χ1n) is 10.8. The lowest BCUT2D eigenvalue weighted by Gasteiger charge is -2.16. The van der Waals surface area contributed by atoms with Crippen LogP contribution in [0, 0.1) is 0 Å². The van der Waals surface area contributed by atoms with Crippen molar-refractivity contribution in [3.05, 3.63) is 87.4 Å². The first-order chi connectivity index (χ1) is 17.9. The molecule has 11 heteroatoms. The highest BCUT2D eigenvalue weighted by Crippen LogP contribution is 2.36. The molecule has 0 aliphatic rings. The average Bonchev–Trinajstić information content (AvgIpc) is 2.83. The largest absolute Gasteiger partial charge is 0.478 e. The molecule has 3 aromatic rings. The molecule has 0 aliphatic carbocycles. The Bertz CT molecular complexity index is 1510. The molecule has 3 aromatic carbocycles. The van der Waals surface area contributed by atoms with Crippen LogP contribution in [0.3, 0.4) is 0 Å². The third kappa shape index (κ3) is 6.11. The van der Waals surface area contributed by atoms with Crippen molar-refractivity contribution in [3.8, 4) is 17.2 Å². The Balaban J connectivity index is 2.28. The van der Waals surface area contributed by atoms with Gasteiger partial charge in [0.1, 0.15) is 11.3 Å². The molecule has 194 valence electrons. The maximum Gasteiger partial charge on any atom is 0.339 e. The standard InChI is InChI=1S/C27H19ClO10/c1-13(29)36-22-10-5-4-7-17(22)23(32)20-11-16(28)12-21(26(20)38-15(3)31)24(33)18-8-6-9-19(27(34)35)25(18)37-14(2)30/h4-12H,1-3H3,(H,34,35). The molecular weight excluding hydrogens is 520 g/mol. The van der Waals surface area contributed by atoms with E-state index in [0.717, 1.165) is 39.0 Å². The van der Waals surface area contributed by atoms with Crippen molar-refractivity contribution in [2.45, 2.75) is 20.8 Å². The molecule has 38 heavy (non-hydrogen) atoms. The van der Waals surface area contributed by atoms with Crippen LogP contribution in [-0.2, 0) is 14.4 Å². The Morgan fingerprint density at radius 3 is 1.58 bits per heavy atom. The Morgan fingerprint density at radius 1 is 0.605 bits per heavy atom. The van der Waals surface area contributed by atoms with E-state index in [1.807, 2.05) is 0 Å². The normalized spacial score (nSPS) is 10.3. The molecule has 0 amide bonds. The number of benzene rings is 3. The lowest BCUT2D eigenvalue weighted by Crippen LogP contribution is -2.17. The molecule has 0 aliphatic heterocycles. The summed E-state index contributed by atoms with van der Waals surface area (Å²) in [4.78, 5) is 74.2. The molecule has 0 aromatic heterocycles. The van der Waals surface area contributed by atoms with E-state index in [4.69, 9.17) is 25.8 Å². The predicted octanol–water partition coefficient (Wildman–Crippen LogP) is 4.28. The van der Waals surface area contributed by atoms with Gasteiger partial charge >= 0.3 is 23.9 Å². The highest BCUT2D eigenvalue weighted by molar-refractivity contribution is 6.32. The van der Waals surface area contributed by atoms with Gasteiger partial charge in [-0.15, -0.1) is 0 Å². The number of carboxylic acid groups (broad SMARTS) is 1. The number of aromatic carboxylic acids is 1. The molecule has 0 bridgehead atoms. The van der Waals surface area contributed by atoms with Crippen LogP contribution in [-0.4, -0.2) is 40.6 Å². The fourth-order valence-corrected chi connectivity index (χ4v) is 3.73. The molecule has 0 saturated heterocycles. The zero-order valence-electron chi connectivity index (χ0n) is 20.2. The van der Waals surface area contributed by atoms with Crippen LogP contribution in [0.5, 0.6) is 17.2 Å². The maximum absolute atomic E-state index is 13.7. The summed E-state index contributed by atoms with van der Waals surface area (Å²) in [7, 11) is 0. The van der Waals surface area contributed by atoms with Crippen molar-refractivity contribution in [3.63, 3.8) is 0 Å². The number of esters is 3. The number of halogens is 1. The Hall–Kier alpha value is -4.83. The summed E-state index contributed by atoms with van der Waals surface area (Å²) >= 11 is 6.24. The van der Waals surface area contributed by atoms with Gasteiger partial charge in [-0.25, -0.2) is 4.79 Å². The van der Waals surface area contributed by atoms with Crippen molar-refractivity contribution >= 4 is 47.0 Å². The summed E-state index contributed by atoms with van der Waals surface area (Å²) in [6.45, 7) is 3.21. The first-order valence-corrected chi connectivity index (χ1v) is 11.2. The van der Waals surface area contributed by atoms with Gasteiger partial charge in [0.25, 0.3) is 0 Å². The third-order valence-electron chi connectivity index (χ3n) is 4.91. The molecule has 10 nitrogen and oxygen atoms in total. The van der Waals surface area contributed by atoms with Crippen LogP contribution in [0.2, 0.25) is 5.02 Å². The SMILES string of the molecule is CC(=O)Oc1ccccc1C(=O)c1cc(Cl)cc(C(=O)c2cccc(C(=O)O)c2OC(C)=O)c1OC(C)=O. The second-order valence-corrected chi connectivity index (χ2v) is 8.19. The topological polar surface area (TPSA) is 150 Å². The fraction of sp³-hybridized carbons (Fsp3) is 0.111. The summed E-state index contributed by atoms with van der Waals surface area (Å²) < 4.78 is 15.4. The highest BCUT2D eigenvalue weighted by Gasteiger charge is 2.29. The summed E-state index contributed by atoms with van der Waals surface area (Å²) in [6.07, 6.45) is 0. The molecule has 3 rings (SSSR count). The number of carboxylic acids is 1. The highest BCUT2D eigenvalue weighted by atomic mass is 35.5. The fourth-order valence-electron chi connectivity index (χ4n) is 3.51. The van der Waals surface area contributed by atoms with E-state index >= 15 is 0 Å². The van der Waals surface area contributed by atoms with Gasteiger partial charge in [0.2, 0.25) is 11.6 Å². The molecule has 0 unspecified atom stereocenters. The monoisotopic (exact) mass is 538 g/mol. The Labute approximate surface area is 220 Å². The molecule has 0 atom stereocenters. The number of hydrogen-bond donors (Lipinski definition) is 1. The smallest absolute Gasteiger partial charge is 0.339 e. The number of ether oxygens (including phenoxy) is 3. The quantitative estimate of drug-likeness (QED) is 0.250. The first kappa shape index (κ1) is 27.8. The molecule has 0 heterocycles. The van der Waals surface area contributed by atoms with E-state index in [2.05, 4.69) is 0 Å². The summed E-state index contributed by atoms with van der Waals surface area (Å²) in [5.74, 6) is -6.80. The van der Waals surface area contributed by atoms with Gasteiger partial charge < -0.3 is 19.3 Å². The predicted molar refractivity (Wildman–Crippen MR) is 132 cm³/mol.